The summed E-state index contributed by atoms with van der Waals surface area (Å²) in [7, 11) is 0. The van der Waals surface area contributed by atoms with Crippen molar-refractivity contribution in [1.29, 1.82) is 0 Å². The topological polar surface area (TPSA) is 162 Å². The molecule has 0 radical (unpaired) electrons. The molecule has 0 bridgehead atoms. The monoisotopic (exact) mass is 483 g/mol. The zero-order valence-corrected chi connectivity index (χ0v) is 19.7. The van der Waals surface area contributed by atoms with Crippen LogP contribution >= 0.6 is 0 Å². The van der Waals surface area contributed by atoms with E-state index in [1.807, 2.05) is 0 Å². The van der Waals surface area contributed by atoms with Crippen LogP contribution in [0.2, 0.25) is 0 Å². The van der Waals surface area contributed by atoms with Gasteiger partial charge in [-0.15, -0.1) is 0 Å². The number of aryl methyl sites for hydroxylation is 1. The normalized spacial score (nSPS) is 17.3. The lowest BCUT2D eigenvalue weighted by Crippen LogP contribution is -2.47. The highest BCUT2D eigenvalue weighted by molar-refractivity contribution is 6.19. The summed E-state index contributed by atoms with van der Waals surface area (Å²) in [5.41, 5.74) is 7.73. The largest absolute Gasteiger partial charge is 0.466 e. The van der Waals surface area contributed by atoms with Gasteiger partial charge >= 0.3 is 11.9 Å². The van der Waals surface area contributed by atoms with E-state index in [9.17, 15) is 19.2 Å². The van der Waals surface area contributed by atoms with Crippen molar-refractivity contribution < 1.29 is 28.7 Å². The second kappa shape index (κ2) is 11.9. The van der Waals surface area contributed by atoms with Crippen molar-refractivity contribution in [2.24, 2.45) is 21.6 Å². The van der Waals surface area contributed by atoms with Gasteiger partial charge in [-0.3, -0.25) is 19.7 Å². The zero-order chi connectivity index (χ0) is 25.4. The van der Waals surface area contributed by atoms with Crippen molar-refractivity contribution in [3.05, 3.63) is 47.2 Å². The summed E-state index contributed by atoms with van der Waals surface area (Å²) in [5, 5.41) is 5.15. The number of carbonyl (C=O) groups is 4. The number of rotatable bonds is 11. The third-order valence-corrected chi connectivity index (χ3v) is 5.48. The minimum Gasteiger partial charge on any atom is -0.466 e. The van der Waals surface area contributed by atoms with Gasteiger partial charge in [-0.1, -0.05) is 12.1 Å². The molecule has 2 atom stereocenters. The number of aliphatic imine (C=N–C) groups is 2. The smallest absolute Gasteiger partial charge is 0.328 e. The standard InChI is InChI=1S/C24H29N5O6/c1-3-34-18(30)12-11-17(23(33)35-4-2)27-21(31)15-8-5-14(6-9-15)7-10-16-13-26-20-19(16)22(32)29-24(25)28-20/h5-6,8-9,13,17,19H,3-4,7,10-12H2,1-2H3,(H,27,31)(H3,25,26,28,29,32)/t17-,19?/m1/s1. The molecule has 2 aliphatic rings. The van der Waals surface area contributed by atoms with E-state index in [0.29, 0.717) is 24.2 Å². The molecule has 1 aromatic rings. The van der Waals surface area contributed by atoms with Gasteiger partial charge in [0.15, 0.2) is 0 Å². The molecule has 1 unspecified atom stereocenters. The number of ether oxygens (including phenoxy) is 2. The van der Waals surface area contributed by atoms with Gasteiger partial charge < -0.3 is 20.5 Å². The fourth-order valence-corrected chi connectivity index (χ4v) is 3.74. The van der Waals surface area contributed by atoms with Crippen molar-refractivity contribution in [1.82, 2.24) is 10.6 Å². The van der Waals surface area contributed by atoms with E-state index in [1.165, 1.54) is 0 Å². The first-order valence-electron chi connectivity index (χ1n) is 11.5. The van der Waals surface area contributed by atoms with Gasteiger partial charge in [-0.05, 0) is 56.4 Å². The van der Waals surface area contributed by atoms with Crippen molar-refractivity contribution in [2.45, 2.75) is 45.6 Å². The molecule has 0 saturated carbocycles. The SMILES string of the molecule is CCOC(=O)CC[C@@H](NC(=O)c1ccc(CCC2=CN=C3N=C(N)NC(=O)C23)cc1)C(=O)OCC. The number of benzene rings is 1. The summed E-state index contributed by atoms with van der Waals surface area (Å²) in [6, 6.07) is 5.96. The molecule has 0 aliphatic carbocycles. The van der Waals surface area contributed by atoms with Gasteiger partial charge in [0.2, 0.25) is 11.9 Å². The Hall–Kier alpha value is -4.02. The number of fused-ring (bicyclic) bond motifs is 1. The Balaban J connectivity index is 1.56. The number of nitrogens with zero attached hydrogens (tertiary/aromatic N) is 2. The molecule has 2 amide bonds. The lowest BCUT2D eigenvalue weighted by atomic mass is 9.93. The first-order valence-corrected chi connectivity index (χ1v) is 11.5. The number of amidine groups is 1. The molecule has 186 valence electrons. The van der Waals surface area contributed by atoms with Gasteiger partial charge in [-0.25, -0.2) is 9.79 Å². The number of hydrogen-bond donors (Lipinski definition) is 3. The second-order valence-corrected chi connectivity index (χ2v) is 7.93. The Kier molecular flexibility index (Phi) is 8.71. The van der Waals surface area contributed by atoms with Gasteiger partial charge in [0, 0.05) is 18.2 Å². The van der Waals surface area contributed by atoms with Crippen LogP contribution in [0.5, 0.6) is 0 Å². The minimum absolute atomic E-state index is 0.0191. The Labute approximate surface area is 202 Å². The molecule has 0 spiro atoms. The summed E-state index contributed by atoms with van der Waals surface area (Å²) in [6.07, 6.45) is 2.92. The average Bonchev–Trinajstić information content (AvgIpc) is 3.24. The number of nitrogens with one attached hydrogen (secondary N) is 2. The van der Waals surface area contributed by atoms with Crippen LogP contribution < -0.4 is 16.4 Å². The fraction of sp³-hybridized carbons (Fsp3) is 0.417. The first-order chi connectivity index (χ1) is 16.8. The number of amides is 2. The fourth-order valence-electron chi connectivity index (χ4n) is 3.74. The Morgan fingerprint density at radius 2 is 1.83 bits per heavy atom. The van der Waals surface area contributed by atoms with Crippen LogP contribution in [0.1, 0.15) is 49.0 Å². The van der Waals surface area contributed by atoms with Crippen LogP contribution in [0.15, 0.2) is 46.0 Å². The van der Waals surface area contributed by atoms with Crippen LogP contribution in [0, 0.1) is 5.92 Å². The molecule has 0 saturated heterocycles. The maximum absolute atomic E-state index is 12.7. The maximum Gasteiger partial charge on any atom is 0.328 e. The van der Waals surface area contributed by atoms with E-state index in [-0.39, 0.29) is 37.9 Å². The number of guanidine groups is 1. The highest BCUT2D eigenvalue weighted by atomic mass is 16.5. The average molecular weight is 484 g/mol. The van der Waals surface area contributed by atoms with E-state index >= 15 is 0 Å². The summed E-state index contributed by atoms with van der Waals surface area (Å²) in [5.74, 6) is -1.84. The predicted octanol–water partition coefficient (Wildman–Crippen LogP) is 0.981. The summed E-state index contributed by atoms with van der Waals surface area (Å²) in [6.45, 7) is 3.76. The van der Waals surface area contributed by atoms with Gasteiger partial charge in [0.25, 0.3) is 5.91 Å². The van der Waals surface area contributed by atoms with E-state index in [0.717, 1.165) is 11.1 Å². The van der Waals surface area contributed by atoms with Gasteiger partial charge in [0.05, 0.1) is 13.2 Å². The molecule has 0 fully saturated rings. The van der Waals surface area contributed by atoms with E-state index in [2.05, 4.69) is 20.6 Å². The number of hydrogen-bond acceptors (Lipinski definition) is 9. The number of nitrogens with two attached hydrogens (primary N) is 1. The number of esters is 2. The Morgan fingerprint density at radius 1 is 1.11 bits per heavy atom. The van der Waals surface area contributed by atoms with Crippen LogP contribution in [0.3, 0.4) is 0 Å². The number of carbonyl (C=O) groups excluding carboxylic acids is 4. The highest BCUT2D eigenvalue weighted by Crippen LogP contribution is 2.27. The van der Waals surface area contributed by atoms with Crippen molar-refractivity contribution in [3.8, 4) is 0 Å². The summed E-state index contributed by atoms with van der Waals surface area (Å²) in [4.78, 5) is 57.1. The molecular weight excluding hydrogens is 454 g/mol. The lowest BCUT2D eigenvalue weighted by molar-refractivity contribution is -0.146. The third-order valence-electron chi connectivity index (χ3n) is 5.48. The van der Waals surface area contributed by atoms with Crippen LogP contribution in [-0.4, -0.2) is 54.8 Å². The molecule has 3 rings (SSSR count). The quantitative estimate of drug-likeness (QED) is 0.395. The van der Waals surface area contributed by atoms with Gasteiger partial charge in [-0.2, -0.15) is 4.99 Å². The molecule has 4 N–H and O–H groups in total. The Morgan fingerprint density at radius 3 is 2.51 bits per heavy atom. The highest BCUT2D eigenvalue weighted by Gasteiger charge is 2.35. The van der Waals surface area contributed by atoms with Crippen molar-refractivity contribution in [2.75, 3.05) is 13.2 Å². The van der Waals surface area contributed by atoms with E-state index in [1.54, 1.807) is 44.3 Å². The van der Waals surface area contributed by atoms with E-state index in [4.69, 9.17) is 15.2 Å². The predicted molar refractivity (Wildman–Crippen MR) is 127 cm³/mol. The molecule has 2 aliphatic heterocycles. The maximum atomic E-state index is 12.7. The second-order valence-electron chi connectivity index (χ2n) is 7.93. The summed E-state index contributed by atoms with van der Waals surface area (Å²) < 4.78 is 9.91. The molecule has 11 heteroatoms. The molecule has 35 heavy (non-hydrogen) atoms. The van der Waals surface area contributed by atoms with E-state index < -0.39 is 29.8 Å². The third kappa shape index (κ3) is 6.75. The molecular formula is C24H29N5O6. The van der Waals surface area contributed by atoms with Gasteiger partial charge in [0.1, 0.15) is 17.8 Å². The molecule has 1 aromatic carbocycles. The first kappa shape index (κ1) is 25.6. The van der Waals surface area contributed by atoms with Crippen molar-refractivity contribution in [3.63, 3.8) is 0 Å². The molecule has 0 aromatic heterocycles. The Bertz CT molecular complexity index is 1080. The molecule has 11 nitrogen and oxygen atoms in total. The molecule has 2 heterocycles. The van der Waals surface area contributed by atoms with Crippen molar-refractivity contribution >= 4 is 35.5 Å². The van der Waals surface area contributed by atoms with Crippen LogP contribution in [-0.2, 0) is 30.3 Å². The van der Waals surface area contributed by atoms with Crippen LogP contribution in [0.25, 0.3) is 0 Å². The summed E-state index contributed by atoms with van der Waals surface area (Å²) >= 11 is 0. The zero-order valence-electron chi connectivity index (χ0n) is 19.7. The lowest BCUT2D eigenvalue weighted by Gasteiger charge is -2.19. The van der Waals surface area contributed by atoms with Crippen LogP contribution in [0.4, 0.5) is 0 Å². The minimum atomic E-state index is -0.964.